The van der Waals surface area contributed by atoms with Crippen molar-refractivity contribution in [1.82, 2.24) is 0 Å². The van der Waals surface area contributed by atoms with Crippen LogP contribution < -0.4 is 0 Å². The molecule has 0 aliphatic rings. The highest BCUT2D eigenvalue weighted by Crippen LogP contribution is 2.32. The van der Waals surface area contributed by atoms with E-state index in [1.165, 1.54) is 0 Å². The second-order valence-corrected chi connectivity index (χ2v) is 3.13. The average Bonchev–Trinajstić information content (AvgIpc) is 2.23. The van der Waals surface area contributed by atoms with Crippen LogP contribution in [0.25, 0.3) is 0 Å². The Labute approximate surface area is 118 Å². The van der Waals surface area contributed by atoms with E-state index in [-0.39, 0.29) is 0 Å². The van der Waals surface area contributed by atoms with Gasteiger partial charge in [0.25, 0.3) is 0 Å². The van der Waals surface area contributed by atoms with Crippen molar-refractivity contribution < 1.29 is 54.2 Å². The topological polar surface area (TPSA) is 52.6 Å². The van der Waals surface area contributed by atoms with E-state index < -0.39 is 37.0 Å². The fourth-order valence-electron chi connectivity index (χ4n) is 0.614. The minimum absolute atomic E-state index is 0.351. The number of alkyl halides is 8. The molecule has 0 N–H and O–H groups in total. The summed E-state index contributed by atoms with van der Waals surface area (Å²) < 4.78 is 97.5. The summed E-state index contributed by atoms with van der Waals surface area (Å²) in [4.78, 5) is 19.9. The molecule has 0 aromatic rings. The highest BCUT2D eigenvalue weighted by Gasteiger charge is 2.46. The Morgan fingerprint density at radius 2 is 1.18 bits per heavy atom. The number of hydrogen-bond donors (Lipinski definition) is 0. The summed E-state index contributed by atoms with van der Waals surface area (Å²) >= 11 is 0. The molecule has 12 heteroatoms. The number of rotatable bonds is 4. The van der Waals surface area contributed by atoms with Gasteiger partial charge in [0.15, 0.2) is 0 Å². The van der Waals surface area contributed by atoms with Gasteiger partial charge in [-0.25, -0.2) is 9.59 Å². The van der Waals surface area contributed by atoms with E-state index in [0.717, 1.165) is 0 Å². The first-order valence-electron chi connectivity index (χ1n) is 4.84. The van der Waals surface area contributed by atoms with Gasteiger partial charge in [-0.05, 0) is 0 Å². The molecule has 0 amide bonds. The molecule has 0 saturated heterocycles. The third-order valence-electron chi connectivity index (χ3n) is 1.21. The van der Waals surface area contributed by atoms with Gasteiger partial charge in [-0.15, -0.1) is 13.2 Å². The molecule has 0 rings (SSSR count). The molecule has 0 atom stereocenters. The predicted molar refractivity (Wildman–Crippen MR) is 54.3 cm³/mol. The van der Waals surface area contributed by atoms with Gasteiger partial charge in [0.1, 0.15) is 6.42 Å². The van der Waals surface area contributed by atoms with Crippen molar-refractivity contribution in [3.05, 3.63) is 25.3 Å². The van der Waals surface area contributed by atoms with Crippen molar-refractivity contribution in [2.24, 2.45) is 0 Å². The molecular formula is C10H8F8O4. The van der Waals surface area contributed by atoms with Crippen LogP contribution in [-0.2, 0) is 19.1 Å². The Kier molecular flexibility index (Phi) is 8.39. The standard InChI is InChI=1S/C6H5F5O2.C4H3F3O2/c1-2-4(12)13-6(10,11)3-5(7,8)9;1-2-3(8)9-4(5,6)7/h2H,1,3H2;2H,1H2. The van der Waals surface area contributed by atoms with Gasteiger partial charge < -0.3 is 9.47 Å². The molecule has 4 nitrogen and oxygen atoms in total. The van der Waals surface area contributed by atoms with Crippen LogP contribution in [0.2, 0.25) is 0 Å². The third-order valence-corrected chi connectivity index (χ3v) is 1.21. The molecule has 0 aliphatic heterocycles. The molecule has 0 saturated carbocycles. The number of esters is 2. The first-order valence-corrected chi connectivity index (χ1v) is 4.84. The van der Waals surface area contributed by atoms with Crippen molar-refractivity contribution >= 4 is 11.9 Å². The van der Waals surface area contributed by atoms with Crippen LogP contribution in [0, 0.1) is 0 Å². The van der Waals surface area contributed by atoms with E-state index >= 15 is 0 Å². The molecular weight excluding hydrogens is 336 g/mol. The minimum Gasteiger partial charge on any atom is -0.397 e. The second-order valence-electron chi connectivity index (χ2n) is 3.13. The lowest BCUT2D eigenvalue weighted by molar-refractivity contribution is -0.303. The van der Waals surface area contributed by atoms with Crippen molar-refractivity contribution in [2.75, 3.05) is 0 Å². The summed E-state index contributed by atoms with van der Waals surface area (Å²) in [6.45, 7) is 5.52. The SMILES string of the molecule is C=CC(=O)OC(F)(F)CC(F)(F)F.C=CC(=O)OC(F)(F)F. The van der Waals surface area contributed by atoms with E-state index in [1.54, 1.807) is 0 Å². The molecule has 0 radical (unpaired) electrons. The van der Waals surface area contributed by atoms with E-state index in [9.17, 15) is 44.7 Å². The highest BCUT2D eigenvalue weighted by atomic mass is 19.4. The molecule has 0 spiro atoms. The Balaban J connectivity index is 0. The van der Waals surface area contributed by atoms with Crippen LogP contribution in [0.3, 0.4) is 0 Å². The monoisotopic (exact) mass is 344 g/mol. The van der Waals surface area contributed by atoms with Crippen molar-refractivity contribution in [3.63, 3.8) is 0 Å². The van der Waals surface area contributed by atoms with Gasteiger partial charge in [-0.2, -0.15) is 22.0 Å². The van der Waals surface area contributed by atoms with Gasteiger partial charge >= 0.3 is 30.6 Å². The van der Waals surface area contributed by atoms with Crippen LogP contribution in [0.5, 0.6) is 0 Å². The lowest BCUT2D eigenvalue weighted by Crippen LogP contribution is -2.30. The van der Waals surface area contributed by atoms with Crippen LogP contribution in [-0.4, -0.2) is 30.6 Å². The summed E-state index contributed by atoms with van der Waals surface area (Å²) in [7, 11) is 0. The lowest BCUT2D eigenvalue weighted by atomic mass is 10.4. The zero-order chi connectivity index (χ0) is 18.2. The largest absolute Gasteiger partial charge is 0.575 e. The van der Waals surface area contributed by atoms with E-state index in [1.807, 2.05) is 0 Å². The normalized spacial score (nSPS) is 11.6. The smallest absolute Gasteiger partial charge is 0.397 e. The molecule has 128 valence electrons. The van der Waals surface area contributed by atoms with Crippen LogP contribution in [0.1, 0.15) is 6.42 Å². The molecule has 0 fully saturated rings. The van der Waals surface area contributed by atoms with Gasteiger partial charge in [-0.1, -0.05) is 13.2 Å². The Bertz CT molecular complexity index is 410. The van der Waals surface area contributed by atoms with Crippen molar-refractivity contribution in [1.29, 1.82) is 0 Å². The van der Waals surface area contributed by atoms with Crippen LogP contribution >= 0.6 is 0 Å². The quantitative estimate of drug-likeness (QED) is 0.445. The maximum Gasteiger partial charge on any atom is 0.575 e. The number of ether oxygens (including phenoxy) is 2. The van der Waals surface area contributed by atoms with Gasteiger partial charge in [0, 0.05) is 12.2 Å². The first-order chi connectivity index (χ1) is 9.62. The fourth-order valence-corrected chi connectivity index (χ4v) is 0.614. The third kappa shape index (κ3) is 15.9. The molecule has 0 aromatic heterocycles. The molecule has 22 heavy (non-hydrogen) atoms. The number of hydrogen-bond acceptors (Lipinski definition) is 4. The van der Waals surface area contributed by atoms with E-state index in [2.05, 4.69) is 22.6 Å². The summed E-state index contributed by atoms with van der Waals surface area (Å²) in [5, 5.41) is 0. The summed E-state index contributed by atoms with van der Waals surface area (Å²) in [6, 6.07) is 0. The fraction of sp³-hybridized carbons (Fsp3) is 0.400. The highest BCUT2D eigenvalue weighted by molar-refractivity contribution is 5.81. The van der Waals surface area contributed by atoms with Crippen LogP contribution in [0.4, 0.5) is 35.1 Å². The zero-order valence-corrected chi connectivity index (χ0v) is 10.4. The maximum absolute atomic E-state index is 12.1. The molecule has 0 unspecified atom stereocenters. The average molecular weight is 344 g/mol. The van der Waals surface area contributed by atoms with E-state index in [4.69, 9.17) is 0 Å². The minimum atomic E-state index is -5.09. The molecule has 0 bridgehead atoms. The summed E-state index contributed by atoms with van der Waals surface area (Å²) in [5.74, 6) is -3.10. The summed E-state index contributed by atoms with van der Waals surface area (Å²) in [6.07, 6.45) is -16.2. The van der Waals surface area contributed by atoms with Gasteiger partial charge in [0.05, 0.1) is 0 Å². The Hall–Kier alpha value is -2.14. The van der Waals surface area contributed by atoms with E-state index in [0.29, 0.717) is 12.2 Å². The predicted octanol–water partition coefficient (Wildman–Crippen LogP) is 3.50. The van der Waals surface area contributed by atoms with Gasteiger partial charge in [0.2, 0.25) is 0 Å². The van der Waals surface area contributed by atoms with Gasteiger partial charge in [-0.3, -0.25) is 0 Å². The Morgan fingerprint density at radius 3 is 1.41 bits per heavy atom. The van der Waals surface area contributed by atoms with Crippen LogP contribution in [0.15, 0.2) is 25.3 Å². The van der Waals surface area contributed by atoms with Crippen molar-refractivity contribution in [2.45, 2.75) is 25.1 Å². The lowest BCUT2D eigenvalue weighted by Gasteiger charge is -2.16. The molecule has 0 heterocycles. The molecule has 0 aromatic carbocycles. The molecule has 0 aliphatic carbocycles. The first kappa shape index (κ1) is 22.1. The summed E-state index contributed by atoms with van der Waals surface area (Å²) in [5.41, 5.74) is 0. The number of halogens is 8. The van der Waals surface area contributed by atoms with Crippen molar-refractivity contribution in [3.8, 4) is 0 Å². The Morgan fingerprint density at radius 1 is 0.818 bits per heavy atom. The zero-order valence-electron chi connectivity index (χ0n) is 10.4. The maximum atomic E-state index is 12.1. The number of carbonyl (C=O) groups excluding carboxylic acids is 2. The second kappa shape index (κ2) is 8.34. The number of carbonyl (C=O) groups is 2.